The maximum Gasteiger partial charge on any atom is 0.415 e. The lowest BCUT2D eigenvalue weighted by Crippen LogP contribution is -2.40. The Morgan fingerprint density at radius 3 is 2.43 bits per heavy atom. The monoisotopic (exact) mass is 521 g/mol. The van der Waals surface area contributed by atoms with Crippen LogP contribution in [-0.2, 0) is 11.3 Å². The van der Waals surface area contributed by atoms with Gasteiger partial charge in [-0.3, -0.25) is 9.69 Å². The third kappa shape index (κ3) is 7.12. The van der Waals surface area contributed by atoms with Crippen molar-refractivity contribution >= 4 is 29.4 Å². The number of hydrogen-bond donors (Lipinski definition) is 2. The average molecular weight is 522 g/mol. The number of carbonyl (C=O) groups excluding carboxylic acids is 2. The van der Waals surface area contributed by atoms with Crippen LogP contribution < -0.4 is 10.1 Å². The highest BCUT2D eigenvalue weighted by molar-refractivity contribution is 7.99. The van der Waals surface area contributed by atoms with Crippen LogP contribution in [0.5, 0.6) is 5.75 Å². The number of thioether (sulfide) groups is 1. The van der Waals surface area contributed by atoms with Gasteiger partial charge in [-0.1, -0.05) is 23.9 Å². The van der Waals surface area contributed by atoms with Crippen LogP contribution in [0.25, 0.3) is 0 Å². The van der Waals surface area contributed by atoms with Crippen molar-refractivity contribution in [3.8, 4) is 5.75 Å². The molecule has 3 aromatic rings. The molecule has 0 atom stereocenters. The van der Waals surface area contributed by atoms with E-state index >= 15 is 0 Å². The van der Waals surface area contributed by atoms with Gasteiger partial charge in [0.05, 0.1) is 13.2 Å². The van der Waals surface area contributed by atoms with Crippen molar-refractivity contribution in [1.29, 1.82) is 0 Å². The van der Waals surface area contributed by atoms with Crippen molar-refractivity contribution in [3.63, 3.8) is 0 Å². The average Bonchev–Trinajstić information content (AvgIpc) is 3.44. The molecule has 0 saturated carbocycles. The van der Waals surface area contributed by atoms with E-state index in [4.69, 9.17) is 9.47 Å². The van der Waals surface area contributed by atoms with Crippen LogP contribution in [0.4, 0.5) is 10.5 Å². The molecule has 2 aromatic carbocycles. The predicted molar refractivity (Wildman–Crippen MR) is 142 cm³/mol. The lowest BCUT2D eigenvalue weighted by molar-refractivity contribution is 0.0342. The molecule has 0 unspecified atom stereocenters. The van der Waals surface area contributed by atoms with Crippen LogP contribution in [0.1, 0.15) is 28.8 Å². The highest BCUT2D eigenvalue weighted by Gasteiger charge is 2.25. The molecule has 2 amide bonds. The molecule has 2 fully saturated rings. The fourth-order valence-electron chi connectivity index (χ4n) is 4.38. The van der Waals surface area contributed by atoms with E-state index in [1.54, 1.807) is 47.1 Å². The summed E-state index contributed by atoms with van der Waals surface area (Å²) in [5.41, 5.74) is 2.40. The first-order valence-electron chi connectivity index (χ1n) is 12.6. The number of rotatable bonds is 7. The third-order valence-corrected chi connectivity index (χ3v) is 7.75. The van der Waals surface area contributed by atoms with Gasteiger partial charge in [0.15, 0.2) is 5.16 Å². The first-order chi connectivity index (χ1) is 18.1. The number of morpholine rings is 1. The second kappa shape index (κ2) is 12.3. The van der Waals surface area contributed by atoms with Gasteiger partial charge in [0.2, 0.25) is 0 Å². The number of H-pyrrole nitrogens is 1. The molecule has 2 aliphatic rings. The van der Waals surface area contributed by atoms with Gasteiger partial charge < -0.3 is 24.7 Å². The molecule has 9 nitrogen and oxygen atoms in total. The van der Waals surface area contributed by atoms with Crippen LogP contribution >= 0.6 is 11.8 Å². The Morgan fingerprint density at radius 1 is 1.03 bits per heavy atom. The Bertz CT molecular complexity index is 1160. The van der Waals surface area contributed by atoms with Crippen molar-refractivity contribution in [2.45, 2.75) is 29.8 Å². The number of imidazole rings is 1. The minimum Gasteiger partial charge on any atom is -0.410 e. The molecule has 5 rings (SSSR count). The van der Waals surface area contributed by atoms with Crippen LogP contribution in [0.3, 0.4) is 0 Å². The Labute approximate surface area is 220 Å². The highest BCUT2D eigenvalue weighted by atomic mass is 32.2. The number of aromatic amines is 1. The first-order valence-corrected chi connectivity index (χ1v) is 13.4. The second-order valence-electron chi connectivity index (χ2n) is 9.13. The molecular formula is C27H31N5O4S. The number of hydrogen-bond acceptors (Lipinski definition) is 7. The van der Waals surface area contributed by atoms with Crippen LogP contribution in [0, 0.1) is 0 Å². The van der Waals surface area contributed by atoms with Crippen LogP contribution in [0.15, 0.2) is 66.1 Å². The van der Waals surface area contributed by atoms with Crippen molar-refractivity contribution in [2.75, 3.05) is 44.7 Å². The number of nitrogens with zero attached hydrogens (tertiary/aromatic N) is 3. The van der Waals surface area contributed by atoms with Crippen molar-refractivity contribution in [2.24, 2.45) is 0 Å². The fourth-order valence-corrected chi connectivity index (χ4v) is 5.40. The zero-order valence-corrected chi connectivity index (χ0v) is 21.4. The molecule has 2 saturated heterocycles. The summed E-state index contributed by atoms with van der Waals surface area (Å²) >= 11 is 1.72. The van der Waals surface area contributed by atoms with E-state index in [2.05, 4.69) is 20.2 Å². The number of nitrogens with one attached hydrogen (secondary N) is 2. The molecule has 3 heterocycles. The summed E-state index contributed by atoms with van der Waals surface area (Å²) in [6, 6.07) is 14.5. The molecule has 0 spiro atoms. The van der Waals surface area contributed by atoms with Crippen LogP contribution in [0.2, 0.25) is 0 Å². The molecule has 194 valence electrons. The standard InChI is InChI=1S/C27H31N5O4S/c33-25(21-3-1-20(2-4-21)19-31-15-17-35-18-16-31)30-22-5-7-23(8-6-22)36-27(34)32-13-9-24(10-14-32)37-26-28-11-12-29-26/h1-8,11-12,24H,9-10,13-19H2,(H,28,29)(H,30,33). The topological polar surface area (TPSA) is 99.8 Å². The van der Waals surface area contributed by atoms with Gasteiger partial charge in [-0.25, -0.2) is 9.78 Å². The predicted octanol–water partition coefficient (Wildman–Crippen LogP) is 4.25. The fraction of sp³-hybridized carbons (Fsp3) is 0.370. The summed E-state index contributed by atoms with van der Waals surface area (Å²) < 4.78 is 10.9. The van der Waals surface area contributed by atoms with E-state index in [1.807, 2.05) is 30.5 Å². The molecule has 2 N–H and O–H groups in total. The van der Waals surface area contributed by atoms with Crippen molar-refractivity contribution < 1.29 is 19.1 Å². The Morgan fingerprint density at radius 2 is 1.76 bits per heavy atom. The minimum absolute atomic E-state index is 0.182. The molecule has 0 bridgehead atoms. The summed E-state index contributed by atoms with van der Waals surface area (Å²) in [6.07, 6.45) is 4.99. The number of carbonyl (C=O) groups is 2. The quantitative estimate of drug-likeness (QED) is 0.480. The zero-order chi connectivity index (χ0) is 25.5. The third-order valence-electron chi connectivity index (χ3n) is 6.49. The van der Waals surface area contributed by atoms with E-state index in [1.165, 1.54) is 5.56 Å². The van der Waals surface area contributed by atoms with Crippen LogP contribution in [-0.4, -0.2) is 76.4 Å². The SMILES string of the molecule is O=C(Nc1ccc(OC(=O)N2CCC(Sc3ncc[nH]3)CC2)cc1)c1ccc(CN2CCOCC2)cc1. The van der Waals surface area contributed by atoms with E-state index in [-0.39, 0.29) is 12.0 Å². The normalized spacial score (nSPS) is 16.9. The van der Waals surface area contributed by atoms with Gasteiger partial charge in [0.1, 0.15) is 5.75 Å². The number of benzene rings is 2. The van der Waals surface area contributed by atoms with Gasteiger partial charge in [0, 0.05) is 61.6 Å². The lowest BCUT2D eigenvalue weighted by Gasteiger charge is -2.30. The maximum absolute atomic E-state index is 12.7. The summed E-state index contributed by atoms with van der Waals surface area (Å²) in [6.45, 7) is 5.54. The van der Waals surface area contributed by atoms with E-state index in [9.17, 15) is 9.59 Å². The molecule has 10 heteroatoms. The summed E-state index contributed by atoms with van der Waals surface area (Å²) in [7, 11) is 0. The van der Waals surface area contributed by atoms with Gasteiger partial charge in [-0.15, -0.1) is 0 Å². The number of amides is 2. The Balaban J connectivity index is 1.07. The summed E-state index contributed by atoms with van der Waals surface area (Å²) in [5.74, 6) is 0.264. The summed E-state index contributed by atoms with van der Waals surface area (Å²) in [5, 5.41) is 4.24. The van der Waals surface area contributed by atoms with E-state index in [0.29, 0.717) is 35.3 Å². The molecule has 1 aromatic heterocycles. The highest BCUT2D eigenvalue weighted by Crippen LogP contribution is 2.28. The van der Waals surface area contributed by atoms with Gasteiger partial charge in [-0.2, -0.15) is 0 Å². The van der Waals surface area contributed by atoms with Gasteiger partial charge in [-0.05, 0) is 54.8 Å². The van der Waals surface area contributed by atoms with Crippen molar-refractivity contribution in [3.05, 3.63) is 72.1 Å². The van der Waals surface area contributed by atoms with Gasteiger partial charge in [0.25, 0.3) is 5.91 Å². The molecular weight excluding hydrogens is 490 g/mol. The first kappa shape index (κ1) is 25.3. The Kier molecular flexibility index (Phi) is 8.39. The molecule has 2 aliphatic heterocycles. The maximum atomic E-state index is 12.7. The number of ether oxygens (including phenoxy) is 2. The number of piperidine rings is 1. The largest absolute Gasteiger partial charge is 0.415 e. The number of likely N-dealkylation sites (tertiary alicyclic amines) is 1. The molecule has 37 heavy (non-hydrogen) atoms. The Hall–Kier alpha value is -3.34. The lowest BCUT2D eigenvalue weighted by atomic mass is 10.1. The van der Waals surface area contributed by atoms with Gasteiger partial charge >= 0.3 is 6.09 Å². The molecule has 0 radical (unpaired) electrons. The number of aromatic nitrogens is 2. The van der Waals surface area contributed by atoms with Crippen molar-refractivity contribution in [1.82, 2.24) is 19.8 Å². The zero-order valence-electron chi connectivity index (χ0n) is 20.6. The van der Waals surface area contributed by atoms with E-state index in [0.717, 1.165) is 50.8 Å². The smallest absolute Gasteiger partial charge is 0.410 e. The number of anilines is 1. The minimum atomic E-state index is -0.351. The van der Waals surface area contributed by atoms with E-state index < -0.39 is 0 Å². The summed E-state index contributed by atoms with van der Waals surface area (Å²) in [4.78, 5) is 36.7. The molecule has 0 aliphatic carbocycles. The second-order valence-corrected chi connectivity index (χ2v) is 10.4.